The van der Waals surface area contributed by atoms with Crippen LogP contribution in [0, 0.1) is 19.8 Å². The number of piperidine rings is 1. The lowest BCUT2D eigenvalue weighted by molar-refractivity contribution is -0.132. The van der Waals surface area contributed by atoms with Crippen molar-refractivity contribution in [3.05, 3.63) is 46.3 Å². The molecule has 29 heavy (non-hydrogen) atoms. The van der Waals surface area contributed by atoms with E-state index in [1.54, 1.807) is 31.2 Å². The summed E-state index contributed by atoms with van der Waals surface area (Å²) in [6, 6.07) is 6.76. The van der Waals surface area contributed by atoms with Crippen molar-refractivity contribution in [2.45, 2.75) is 44.4 Å². The number of nitrogens with zero attached hydrogens (tertiary/aromatic N) is 2. The van der Waals surface area contributed by atoms with Crippen LogP contribution in [0.2, 0.25) is 5.22 Å². The van der Waals surface area contributed by atoms with Gasteiger partial charge < -0.3 is 9.42 Å². The zero-order valence-corrected chi connectivity index (χ0v) is 18.2. The van der Waals surface area contributed by atoms with Gasteiger partial charge in [-0.1, -0.05) is 22.9 Å². The summed E-state index contributed by atoms with van der Waals surface area (Å²) < 4.78 is 32.6. The first-order valence-corrected chi connectivity index (χ1v) is 11.6. The fraction of sp³-hybridized carbons (Fsp3) is 0.500. The van der Waals surface area contributed by atoms with Crippen LogP contribution in [0.5, 0.6) is 0 Å². The van der Waals surface area contributed by atoms with Crippen molar-refractivity contribution < 1.29 is 17.7 Å². The van der Waals surface area contributed by atoms with Crippen LogP contribution < -0.4 is 4.72 Å². The van der Waals surface area contributed by atoms with Gasteiger partial charge in [-0.3, -0.25) is 4.79 Å². The van der Waals surface area contributed by atoms with Crippen molar-refractivity contribution in [3.8, 4) is 0 Å². The van der Waals surface area contributed by atoms with E-state index in [1.165, 1.54) is 0 Å². The molecule has 0 spiro atoms. The second kappa shape index (κ2) is 9.28. The summed E-state index contributed by atoms with van der Waals surface area (Å²) in [5.74, 6) is 0.126. The van der Waals surface area contributed by atoms with Crippen LogP contribution in [-0.2, 0) is 21.2 Å². The highest BCUT2D eigenvalue weighted by molar-refractivity contribution is 7.89. The summed E-state index contributed by atoms with van der Waals surface area (Å²) in [7, 11) is -3.55. The molecule has 1 aliphatic heterocycles. The van der Waals surface area contributed by atoms with E-state index in [4.69, 9.17) is 16.1 Å². The lowest BCUT2D eigenvalue weighted by atomic mass is 9.98. The molecule has 0 saturated carbocycles. The number of carbonyl (C=O) groups is 1. The Kier molecular flexibility index (Phi) is 6.97. The van der Waals surface area contributed by atoms with Crippen molar-refractivity contribution >= 4 is 27.5 Å². The maximum absolute atomic E-state index is 12.6. The second-order valence-electron chi connectivity index (χ2n) is 7.53. The summed E-state index contributed by atoms with van der Waals surface area (Å²) in [6.45, 7) is 5.26. The number of nitrogens with one attached hydrogen (secondary N) is 1. The number of benzene rings is 1. The molecule has 1 N–H and O–H groups in total. The summed E-state index contributed by atoms with van der Waals surface area (Å²) >= 11 is 5.96. The second-order valence-corrected chi connectivity index (χ2v) is 9.64. The molecule has 0 radical (unpaired) electrons. The van der Waals surface area contributed by atoms with E-state index >= 15 is 0 Å². The number of likely N-dealkylation sites (tertiary alicyclic amines) is 1. The van der Waals surface area contributed by atoms with Crippen molar-refractivity contribution in [2.75, 3.05) is 19.6 Å². The van der Waals surface area contributed by atoms with Gasteiger partial charge in [0.1, 0.15) is 0 Å². The average Bonchev–Trinajstić information content (AvgIpc) is 3.03. The van der Waals surface area contributed by atoms with Crippen LogP contribution >= 0.6 is 11.6 Å². The molecule has 158 valence electrons. The molecule has 2 aromatic rings. The molecule has 1 atom stereocenters. The summed E-state index contributed by atoms with van der Waals surface area (Å²) in [6.07, 6.45) is 2.55. The molecular weight excluding hydrogens is 414 g/mol. The molecule has 2 heterocycles. The SMILES string of the molecule is Cc1ccc(S(=O)(=O)NC[C@H]2CCCN(C(=O)CCc3c(C)noc3Cl)C2)cc1. The van der Waals surface area contributed by atoms with Gasteiger partial charge in [0.05, 0.1) is 10.6 Å². The molecule has 1 aliphatic rings. The Morgan fingerprint density at radius 3 is 2.69 bits per heavy atom. The molecule has 0 aliphatic carbocycles. The molecule has 1 amide bonds. The maximum Gasteiger partial charge on any atom is 0.240 e. The van der Waals surface area contributed by atoms with E-state index in [1.807, 2.05) is 11.8 Å². The van der Waals surface area contributed by atoms with Crippen LogP contribution in [0.4, 0.5) is 0 Å². The smallest absolute Gasteiger partial charge is 0.240 e. The van der Waals surface area contributed by atoms with Crippen molar-refractivity contribution in [3.63, 3.8) is 0 Å². The molecule has 1 saturated heterocycles. The minimum Gasteiger partial charge on any atom is -0.344 e. The van der Waals surface area contributed by atoms with E-state index in [2.05, 4.69) is 9.88 Å². The highest BCUT2D eigenvalue weighted by Crippen LogP contribution is 2.22. The van der Waals surface area contributed by atoms with Gasteiger partial charge >= 0.3 is 0 Å². The highest BCUT2D eigenvalue weighted by Gasteiger charge is 2.25. The van der Waals surface area contributed by atoms with E-state index in [-0.39, 0.29) is 21.9 Å². The third-order valence-electron chi connectivity index (χ3n) is 5.29. The first-order valence-electron chi connectivity index (χ1n) is 9.71. The van der Waals surface area contributed by atoms with E-state index in [0.717, 1.165) is 24.0 Å². The Labute approximate surface area is 176 Å². The third-order valence-corrected chi connectivity index (χ3v) is 7.03. The first kappa shape index (κ1) is 21.8. The number of rotatable bonds is 7. The van der Waals surface area contributed by atoms with Crippen molar-refractivity contribution in [2.24, 2.45) is 5.92 Å². The fourth-order valence-electron chi connectivity index (χ4n) is 3.52. The lowest BCUT2D eigenvalue weighted by Crippen LogP contribution is -2.43. The van der Waals surface area contributed by atoms with Gasteiger partial charge in [0, 0.05) is 31.6 Å². The van der Waals surface area contributed by atoms with Crippen molar-refractivity contribution in [1.29, 1.82) is 0 Å². The Balaban J connectivity index is 1.52. The summed E-state index contributed by atoms with van der Waals surface area (Å²) in [4.78, 5) is 14.7. The fourth-order valence-corrected chi connectivity index (χ4v) is 4.90. The lowest BCUT2D eigenvalue weighted by Gasteiger charge is -2.33. The Bertz CT molecular complexity index is 937. The predicted molar refractivity (Wildman–Crippen MR) is 110 cm³/mol. The van der Waals surface area contributed by atoms with Gasteiger partial charge in [-0.25, -0.2) is 13.1 Å². The van der Waals surface area contributed by atoms with Gasteiger partial charge in [-0.05, 0) is 62.8 Å². The molecule has 3 rings (SSSR count). The van der Waals surface area contributed by atoms with Crippen LogP contribution in [-0.4, -0.2) is 44.0 Å². The molecular formula is C20H26ClN3O4S. The average molecular weight is 440 g/mol. The quantitative estimate of drug-likeness (QED) is 0.715. The molecule has 0 unspecified atom stereocenters. The Hall–Kier alpha value is -1.90. The van der Waals surface area contributed by atoms with Crippen LogP contribution in [0.3, 0.4) is 0 Å². The number of carbonyl (C=O) groups excluding carboxylic acids is 1. The Morgan fingerprint density at radius 2 is 2.03 bits per heavy atom. The molecule has 1 aromatic carbocycles. The molecule has 0 bridgehead atoms. The predicted octanol–water partition coefficient (Wildman–Crippen LogP) is 3.09. The number of halogens is 1. The van der Waals surface area contributed by atoms with E-state index < -0.39 is 10.0 Å². The maximum atomic E-state index is 12.6. The zero-order valence-electron chi connectivity index (χ0n) is 16.7. The summed E-state index contributed by atoms with van der Waals surface area (Å²) in [5.41, 5.74) is 2.47. The van der Waals surface area contributed by atoms with Crippen LogP contribution in [0.25, 0.3) is 0 Å². The standard InChI is InChI=1S/C20H26ClN3O4S/c1-14-5-7-17(8-6-14)29(26,27)22-12-16-4-3-11-24(13-16)19(25)10-9-18-15(2)23-28-20(18)21/h5-8,16,22H,3-4,9-13H2,1-2H3/t16-/m1/s1. The van der Waals surface area contributed by atoms with Gasteiger partial charge in [-0.2, -0.15) is 0 Å². The van der Waals surface area contributed by atoms with Crippen molar-refractivity contribution in [1.82, 2.24) is 14.8 Å². The van der Waals surface area contributed by atoms with Crippen LogP contribution in [0.1, 0.15) is 36.1 Å². The topological polar surface area (TPSA) is 92.5 Å². The van der Waals surface area contributed by atoms with Gasteiger partial charge in [0.15, 0.2) is 0 Å². The highest BCUT2D eigenvalue weighted by atomic mass is 35.5. The Morgan fingerprint density at radius 1 is 1.31 bits per heavy atom. The number of hydrogen-bond acceptors (Lipinski definition) is 5. The monoisotopic (exact) mass is 439 g/mol. The molecule has 7 nitrogen and oxygen atoms in total. The number of amides is 1. The number of sulfonamides is 1. The minimum absolute atomic E-state index is 0.0350. The van der Waals surface area contributed by atoms with Gasteiger partial charge in [0.25, 0.3) is 0 Å². The number of aromatic nitrogens is 1. The zero-order chi connectivity index (χ0) is 21.0. The minimum atomic E-state index is -3.55. The van der Waals surface area contributed by atoms with E-state index in [0.29, 0.717) is 38.2 Å². The van der Waals surface area contributed by atoms with Crippen LogP contribution in [0.15, 0.2) is 33.7 Å². The first-order chi connectivity index (χ1) is 13.8. The molecule has 1 aromatic heterocycles. The largest absolute Gasteiger partial charge is 0.344 e. The third kappa shape index (κ3) is 5.58. The summed E-state index contributed by atoms with van der Waals surface area (Å²) in [5, 5.41) is 4.03. The molecule has 9 heteroatoms. The van der Waals surface area contributed by atoms with Gasteiger partial charge in [-0.15, -0.1) is 0 Å². The van der Waals surface area contributed by atoms with Gasteiger partial charge in [0.2, 0.25) is 21.1 Å². The number of hydrogen-bond donors (Lipinski definition) is 1. The van der Waals surface area contributed by atoms with E-state index in [9.17, 15) is 13.2 Å². The molecule has 1 fully saturated rings. The number of aryl methyl sites for hydroxylation is 2. The normalized spacial score (nSPS) is 17.5.